The van der Waals surface area contributed by atoms with Crippen molar-refractivity contribution < 1.29 is 28.5 Å². The summed E-state index contributed by atoms with van der Waals surface area (Å²) in [5.41, 5.74) is 0.684. The van der Waals surface area contributed by atoms with E-state index < -0.39 is 11.9 Å². The van der Waals surface area contributed by atoms with Gasteiger partial charge in [0.2, 0.25) is 0 Å². The average Bonchev–Trinajstić information content (AvgIpc) is 2.51. The Labute approximate surface area is 131 Å². The zero-order valence-corrected chi connectivity index (χ0v) is 13.4. The second kappa shape index (κ2) is 10.1. The SMILES string of the molecule is CCOC(=O)C1=C(C(=O)OCC)C(COCCOC)C=CC1. The highest BCUT2D eigenvalue weighted by Crippen LogP contribution is 2.27. The minimum Gasteiger partial charge on any atom is -0.463 e. The van der Waals surface area contributed by atoms with Gasteiger partial charge in [0.25, 0.3) is 0 Å². The van der Waals surface area contributed by atoms with Crippen LogP contribution in [0.25, 0.3) is 0 Å². The third-order valence-electron chi connectivity index (χ3n) is 3.13. The van der Waals surface area contributed by atoms with Crippen molar-refractivity contribution in [3.8, 4) is 0 Å². The number of rotatable bonds is 9. The first-order chi connectivity index (χ1) is 10.7. The Hall–Kier alpha value is -1.66. The molecule has 0 bridgehead atoms. The van der Waals surface area contributed by atoms with Crippen molar-refractivity contribution in [1.82, 2.24) is 0 Å². The number of esters is 2. The third-order valence-corrected chi connectivity index (χ3v) is 3.13. The lowest BCUT2D eigenvalue weighted by Crippen LogP contribution is -2.26. The quantitative estimate of drug-likeness (QED) is 0.366. The molecule has 0 heterocycles. The molecule has 0 aromatic carbocycles. The monoisotopic (exact) mass is 312 g/mol. The second-order valence-corrected chi connectivity index (χ2v) is 4.64. The predicted octanol–water partition coefficient (Wildman–Crippen LogP) is 1.65. The summed E-state index contributed by atoms with van der Waals surface area (Å²) < 4.78 is 20.5. The first-order valence-electron chi connectivity index (χ1n) is 7.46. The first kappa shape index (κ1) is 18.4. The van der Waals surface area contributed by atoms with Crippen molar-refractivity contribution in [1.29, 1.82) is 0 Å². The maximum absolute atomic E-state index is 12.2. The lowest BCUT2D eigenvalue weighted by atomic mass is 9.88. The van der Waals surface area contributed by atoms with Crippen LogP contribution in [0.2, 0.25) is 0 Å². The molecule has 1 unspecified atom stereocenters. The molecule has 0 saturated heterocycles. The summed E-state index contributed by atoms with van der Waals surface area (Å²) in [6.45, 7) is 5.15. The normalized spacial score (nSPS) is 17.5. The molecule has 1 aliphatic rings. The highest BCUT2D eigenvalue weighted by atomic mass is 16.5. The largest absolute Gasteiger partial charge is 0.463 e. The number of hydrogen-bond donors (Lipinski definition) is 0. The van der Waals surface area contributed by atoms with E-state index in [1.165, 1.54) is 0 Å². The fraction of sp³-hybridized carbons (Fsp3) is 0.625. The molecule has 6 nitrogen and oxygen atoms in total. The number of ether oxygens (including phenoxy) is 4. The van der Waals surface area contributed by atoms with E-state index in [1.807, 2.05) is 12.2 Å². The van der Waals surface area contributed by atoms with Crippen molar-refractivity contribution in [3.05, 3.63) is 23.3 Å². The molecule has 0 spiro atoms. The lowest BCUT2D eigenvalue weighted by Gasteiger charge is -2.22. The van der Waals surface area contributed by atoms with Crippen LogP contribution in [0.15, 0.2) is 23.3 Å². The van der Waals surface area contributed by atoms with Gasteiger partial charge in [-0.15, -0.1) is 0 Å². The van der Waals surface area contributed by atoms with Gasteiger partial charge in [0.05, 0.1) is 44.2 Å². The van der Waals surface area contributed by atoms with E-state index in [0.29, 0.717) is 30.8 Å². The molecule has 1 aliphatic carbocycles. The van der Waals surface area contributed by atoms with Gasteiger partial charge in [-0.2, -0.15) is 0 Å². The predicted molar refractivity (Wildman–Crippen MR) is 80.2 cm³/mol. The molecule has 0 fully saturated rings. The van der Waals surface area contributed by atoms with Crippen molar-refractivity contribution in [2.45, 2.75) is 20.3 Å². The van der Waals surface area contributed by atoms with Crippen LogP contribution >= 0.6 is 0 Å². The van der Waals surface area contributed by atoms with Gasteiger partial charge < -0.3 is 18.9 Å². The topological polar surface area (TPSA) is 71.1 Å². The Morgan fingerprint density at radius 1 is 1.14 bits per heavy atom. The molecule has 22 heavy (non-hydrogen) atoms. The minimum absolute atomic E-state index is 0.249. The third kappa shape index (κ3) is 5.27. The molecular weight excluding hydrogens is 288 g/mol. The van der Waals surface area contributed by atoms with Gasteiger partial charge in [0.1, 0.15) is 0 Å². The Morgan fingerprint density at radius 3 is 2.45 bits per heavy atom. The molecule has 1 atom stereocenters. The van der Waals surface area contributed by atoms with E-state index >= 15 is 0 Å². The van der Waals surface area contributed by atoms with E-state index in [0.717, 1.165) is 0 Å². The molecule has 0 aliphatic heterocycles. The highest BCUT2D eigenvalue weighted by Gasteiger charge is 2.30. The summed E-state index contributed by atoms with van der Waals surface area (Å²) in [6.07, 6.45) is 4.07. The van der Waals surface area contributed by atoms with Gasteiger partial charge in [-0.1, -0.05) is 12.2 Å². The number of carbonyl (C=O) groups excluding carboxylic acids is 2. The van der Waals surface area contributed by atoms with Crippen LogP contribution in [0.3, 0.4) is 0 Å². The van der Waals surface area contributed by atoms with Crippen LogP contribution in [-0.4, -0.2) is 52.1 Å². The standard InChI is InChI=1S/C16H24O6/c1-4-21-15(17)13-8-6-7-12(11-20-10-9-19-3)14(13)16(18)22-5-2/h6-7,12H,4-5,8-11H2,1-3H3. The number of allylic oxidation sites excluding steroid dienone is 1. The van der Waals surface area contributed by atoms with Crippen molar-refractivity contribution in [2.24, 2.45) is 5.92 Å². The first-order valence-corrected chi connectivity index (χ1v) is 7.46. The molecule has 0 aromatic heterocycles. The molecule has 0 aromatic rings. The zero-order chi connectivity index (χ0) is 16.4. The summed E-state index contributed by atoms with van der Waals surface area (Å²) in [5, 5.41) is 0. The number of hydrogen-bond acceptors (Lipinski definition) is 6. The van der Waals surface area contributed by atoms with Crippen LogP contribution in [0.1, 0.15) is 20.3 Å². The van der Waals surface area contributed by atoms with E-state index in [1.54, 1.807) is 21.0 Å². The van der Waals surface area contributed by atoms with Crippen LogP contribution < -0.4 is 0 Å². The smallest absolute Gasteiger partial charge is 0.335 e. The maximum atomic E-state index is 12.2. The van der Waals surface area contributed by atoms with E-state index in [9.17, 15) is 9.59 Å². The van der Waals surface area contributed by atoms with Gasteiger partial charge in [-0.25, -0.2) is 9.59 Å². The summed E-state index contributed by atoms with van der Waals surface area (Å²) in [5.74, 6) is -1.28. The zero-order valence-electron chi connectivity index (χ0n) is 13.4. The molecule has 6 heteroatoms. The van der Waals surface area contributed by atoms with Gasteiger partial charge in [-0.05, 0) is 20.3 Å². The van der Waals surface area contributed by atoms with Crippen LogP contribution in [0, 0.1) is 5.92 Å². The Morgan fingerprint density at radius 2 is 1.82 bits per heavy atom. The summed E-state index contributed by atoms with van der Waals surface area (Å²) in [7, 11) is 1.59. The Balaban J connectivity index is 2.91. The lowest BCUT2D eigenvalue weighted by molar-refractivity contribution is -0.142. The summed E-state index contributed by atoms with van der Waals surface area (Å²) >= 11 is 0. The van der Waals surface area contributed by atoms with Crippen LogP contribution in [0.4, 0.5) is 0 Å². The van der Waals surface area contributed by atoms with E-state index in [2.05, 4.69) is 0 Å². The van der Waals surface area contributed by atoms with Gasteiger partial charge >= 0.3 is 11.9 Å². The molecule has 0 amide bonds. The molecule has 1 rings (SSSR count). The van der Waals surface area contributed by atoms with Crippen LogP contribution in [0.5, 0.6) is 0 Å². The van der Waals surface area contributed by atoms with Crippen molar-refractivity contribution in [3.63, 3.8) is 0 Å². The number of carbonyl (C=O) groups is 2. The molecule has 124 valence electrons. The summed E-state index contributed by atoms with van der Waals surface area (Å²) in [6, 6.07) is 0. The molecule has 0 N–H and O–H groups in total. The van der Waals surface area contributed by atoms with E-state index in [4.69, 9.17) is 18.9 Å². The summed E-state index contributed by atoms with van der Waals surface area (Å²) in [4.78, 5) is 24.3. The van der Waals surface area contributed by atoms with Crippen molar-refractivity contribution >= 4 is 11.9 Å². The fourth-order valence-electron chi connectivity index (χ4n) is 2.17. The van der Waals surface area contributed by atoms with Gasteiger partial charge in [0.15, 0.2) is 0 Å². The second-order valence-electron chi connectivity index (χ2n) is 4.64. The minimum atomic E-state index is -0.491. The van der Waals surface area contributed by atoms with Crippen molar-refractivity contribution in [2.75, 3.05) is 40.1 Å². The highest BCUT2D eigenvalue weighted by molar-refractivity contribution is 6.01. The van der Waals surface area contributed by atoms with Gasteiger partial charge in [-0.3, -0.25) is 0 Å². The average molecular weight is 312 g/mol. The number of methoxy groups -OCH3 is 1. The van der Waals surface area contributed by atoms with Crippen LogP contribution in [-0.2, 0) is 28.5 Å². The molecular formula is C16H24O6. The van der Waals surface area contributed by atoms with E-state index in [-0.39, 0.29) is 25.7 Å². The fourth-order valence-corrected chi connectivity index (χ4v) is 2.17. The Kier molecular flexibility index (Phi) is 8.47. The molecule has 0 radical (unpaired) electrons. The van der Waals surface area contributed by atoms with Gasteiger partial charge in [0, 0.05) is 13.0 Å². The maximum Gasteiger partial charge on any atom is 0.335 e. The Bertz CT molecular complexity index is 438. The molecule has 0 saturated carbocycles.